The van der Waals surface area contributed by atoms with Gasteiger partial charge in [-0.05, 0) is 64.0 Å². The maximum absolute atomic E-state index is 12.6. The Balaban J connectivity index is 1.70. The number of benzene rings is 3. The number of carbonyl (C=O) groups excluding carboxylic acids is 1. The van der Waals surface area contributed by atoms with Gasteiger partial charge < -0.3 is 14.8 Å². The first-order valence-corrected chi connectivity index (χ1v) is 10.4. The summed E-state index contributed by atoms with van der Waals surface area (Å²) < 4.78 is 11.7. The quantitative estimate of drug-likeness (QED) is 0.310. The first kappa shape index (κ1) is 22.4. The molecule has 7 heteroatoms. The van der Waals surface area contributed by atoms with E-state index in [4.69, 9.17) is 21.1 Å². The Bertz CT molecular complexity index is 1140. The number of nitrogens with zero attached hydrogens (tertiary/aromatic N) is 1. The second kappa shape index (κ2) is 10.7. The molecule has 31 heavy (non-hydrogen) atoms. The molecule has 0 aliphatic carbocycles. The molecular formula is C24H18BrClN2O3. The number of amides is 1. The molecular weight excluding hydrogens is 480 g/mol. The Labute approximate surface area is 194 Å². The average Bonchev–Trinajstić information content (AvgIpc) is 2.77. The van der Waals surface area contributed by atoms with Crippen LogP contribution < -0.4 is 14.8 Å². The second-order valence-electron chi connectivity index (χ2n) is 6.43. The topological polar surface area (TPSA) is 71.3 Å². The SMILES string of the molecule is COc1c(Br)cc(Cl)cc1/C=C(\C#N)C(=O)Nc1ccc(OCc2ccccc2)cc1. The van der Waals surface area contributed by atoms with Crippen molar-refractivity contribution in [1.29, 1.82) is 5.26 Å². The van der Waals surface area contributed by atoms with Gasteiger partial charge in [0.25, 0.3) is 5.91 Å². The zero-order chi connectivity index (χ0) is 22.2. The zero-order valence-corrected chi connectivity index (χ0v) is 18.9. The molecule has 0 heterocycles. The fourth-order valence-electron chi connectivity index (χ4n) is 2.78. The number of ether oxygens (including phenoxy) is 2. The van der Waals surface area contributed by atoms with Crippen molar-refractivity contribution in [3.63, 3.8) is 0 Å². The van der Waals surface area contributed by atoms with Crippen LogP contribution in [0, 0.1) is 11.3 Å². The normalized spacial score (nSPS) is 10.8. The van der Waals surface area contributed by atoms with Crippen LogP contribution >= 0.6 is 27.5 Å². The molecule has 0 saturated heterocycles. The van der Waals surface area contributed by atoms with Gasteiger partial charge in [0, 0.05) is 16.3 Å². The van der Waals surface area contributed by atoms with E-state index in [0.717, 1.165) is 5.56 Å². The highest BCUT2D eigenvalue weighted by Gasteiger charge is 2.14. The van der Waals surface area contributed by atoms with E-state index in [0.29, 0.717) is 38.9 Å². The van der Waals surface area contributed by atoms with Crippen molar-refractivity contribution < 1.29 is 14.3 Å². The largest absolute Gasteiger partial charge is 0.495 e. The van der Waals surface area contributed by atoms with Crippen LogP contribution in [0.3, 0.4) is 0 Å². The number of hydrogen-bond donors (Lipinski definition) is 1. The first-order chi connectivity index (χ1) is 15.0. The van der Waals surface area contributed by atoms with E-state index in [9.17, 15) is 10.1 Å². The summed E-state index contributed by atoms with van der Waals surface area (Å²) in [5, 5.41) is 12.6. The lowest BCUT2D eigenvalue weighted by atomic mass is 10.1. The number of methoxy groups -OCH3 is 1. The number of anilines is 1. The van der Waals surface area contributed by atoms with E-state index < -0.39 is 5.91 Å². The van der Waals surface area contributed by atoms with Gasteiger partial charge >= 0.3 is 0 Å². The predicted octanol–water partition coefficient (Wildman–Crippen LogP) is 6.24. The van der Waals surface area contributed by atoms with E-state index >= 15 is 0 Å². The molecule has 0 atom stereocenters. The molecule has 1 N–H and O–H groups in total. The third kappa shape index (κ3) is 6.11. The summed E-state index contributed by atoms with van der Waals surface area (Å²) in [5.41, 5.74) is 2.03. The zero-order valence-electron chi connectivity index (χ0n) is 16.6. The summed E-state index contributed by atoms with van der Waals surface area (Å²) in [6.07, 6.45) is 1.43. The molecule has 3 aromatic carbocycles. The molecule has 0 radical (unpaired) electrons. The standard InChI is InChI=1S/C24H18BrClN2O3/c1-30-23-17(12-19(26)13-22(23)25)11-18(14-27)24(29)28-20-7-9-21(10-8-20)31-15-16-5-3-2-4-6-16/h2-13H,15H2,1H3,(H,28,29)/b18-11+. The Hall–Kier alpha value is -3.27. The Kier molecular flexibility index (Phi) is 7.71. The molecule has 0 aliphatic rings. The maximum atomic E-state index is 12.6. The molecule has 0 bridgehead atoms. The molecule has 0 aliphatic heterocycles. The van der Waals surface area contributed by atoms with Gasteiger partial charge in [-0.2, -0.15) is 5.26 Å². The predicted molar refractivity (Wildman–Crippen MR) is 125 cm³/mol. The van der Waals surface area contributed by atoms with E-state index in [1.54, 1.807) is 36.4 Å². The fraction of sp³-hybridized carbons (Fsp3) is 0.0833. The van der Waals surface area contributed by atoms with Crippen molar-refractivity contribution in [3.8, 4) is 17.6 Å². The summed E-state index contributed by atoms with van der Waals surface area (Å²) in [7, 11) is 1.50. The summed E-state index contributed by atoms with van der Waals surface area (Å²) in [4.78, 5) is 12.6. The van der Waals surface area contributed by atoms with Gasteiger partial charge in [-0.25, -0.2) is 0 Å². The molecule has 0 aromatic heterocycles. The van der Waals surface area contributed by atoms with Crippen LogP contribution in [0.25, 0.3) is 6.08 Å². The lowest BCUT2D eigenvalue weighted by Crippen LogP contribution is -2.13. The highest BCUT2D eigenvalue weighted by atomic mass is 79.9. The van der Waals surface area contributed by atoms with Crippen LogP contribution in [0.1, 0.15) is 11.1 Å². The molecule has 0 spiro atoms. The van der Waals surface area contributed by atoms with Crippen molar-refractivity contribution in [3.05, 3.63) is 92.9 Å². The molecule has 0 unspecified atom stereocenters. The number of carbonyl (C=O) groups is 1. The van der Waals surface area contributed by atoms with E-state index in [1.807, 2.05) is 36.4 Å². The average molecular weight is 498 g/mol. The minimum atomic E-state index is -0.543. The van der Waals surface area contributed by atoms with Crippen molar-refractivity contribution in [1.82, 2.24) is 0 Å². The Morgan fingerprint density at radius 1 is 1.16 bits per heavy atom. The maximum Gasteiger partial charge on any atom is 0.266 e. The van der Waals surface area contributed by atoms with Crippen LogP contribution in [0.15, 0.2) is 76.8 Å². The first-order valence-electron chi connectivity index (χ1n) is 9.23. The van der Waals surface area contributed by atoms with Crippen LogP contribution in [0.2, 0.25) is 5.02 Å². The van der Waals surface area contributed by atoms with Gasteiger partial charge in [0.2, 0.25) is 0 Å². The van der Waals surface area contributed by atoms with Gasteiger partial charge in [-0.1, -0.05) is 41.9 Å². The van der Waals surface area contributed by atoms with Crippen LogP contribution in [-0.2, 0) is 11.4 Å². The summed E-state index contributed by atoms with van der Waals surface area (Å²) in [6.45, 7) is 0.449. The molecule has 0 fully saturated rings. The Morgan fingerprint density at radius 2 is 1.87 bits per heavy atom. The molecule has 5 nitrogen and oxygen atoms in total. The van der Waals surface area contributed by atoms with E-state index in [-0.39, 0.29) is 5.57 Å². The minimum absolute atomic E-state index is 0.0862. The van der Waals surface area contributed by atoms with Crippen molar-refractivity contribution in [2.75, 3.05) is 12.4 Å². The lowest BCUT2D eigenvalue weighted by molar-refractivity contribution is -0.112. The smallest absolute Gasteiger partial charge is 0.266 e. The number of halogens is 2. The van der Waals surface area contributed by atoms with Crippen molar-refractivity contribution in [2.24, 2.45) is 0 Å². The van der Waals surface area contributed by atoms with Crippen molar-refractivity contribution >= 4 is 45.2 Å². The molecule has 0 saturated carbocycles. The minimum Gasteiger partial charge on any atom is -0.495 e. The van der Waals surface area contributed by atoms with Crippen LogP contribution in [-0.4, -0.2) is 13.0 Å². The van der Waals surface area contributed by atoms with E-state index in [1.165, 1.54) is 13.2 Å². The fourth-order valence-corrected chi connectivity index (χ4v) is 3.78. The summed E-state index contributed by atoms with van der Waals surface area (Å²) in [6, 6.07) is 22.0. The Morgan fingerprint density at radius 3 is 2.52 bits per heavy atom. The summed E-state index contributed by atoms with van der Waals surface area (Å²) in [5.74, 6) is 0.606. The van der Waals surface area contributed by atoms with Crippen molar-refractivity contribution in [2.45, 2.75) is 6.61 Å². The number of nitriles is 1. The van der Waals surface area contributed by atoms with Gasteiger partial charge in [-0.15, -0.1) is 0 Å². The van der Waals surface area contributed by atoms with Crippen LogP contribution in [0.4, 0.5) is 5.69 Å². The number of nitrogens with one attached hydrogen (secondary N) is 1. The molecule has 1 amide bonds. The second-order valence-corrected chi connectivity index (χ2v) is 7.72. The van der Waals surface area contributed by atoms with Gasteiger partial charge in [0.1, 0.15) is 29.7 Å². The monoisotopic (exact) mass is 496 g/mol. The van der Waals surface area contributed by atoms with E-state index in [2.05, 4.69) is 21.2 Å². The third-order valence-electron chi connectivity index (χ3n) is 4.27. The molecule has 3 aromatic rings. The molecule has 3 rings (SSSR count). The number of hydrogen-bond acceptors (Lipinski definition) is 4. The third-order valence-corrected chi connectivity index (χ3v) is 5.07. The van der Waals surface area contributed by atoms with Gasteiger partial charge in [0.15, 0.2) is 0 Å². The molecule has 156 valence electrons. The lowest BCUT2D eigenvalue weighted by Gasteiger charge is -2.10. The van der Waals surface area contributed by atoms with Crippen LogP contribution in [0.5, 0.6) is 11.5 Å². The highest BCUT2D eigenvalue weighted by Crippen LogP contribution is 2.34. The van der Waals surface area contributed by atoms with Gasteiger partial charge in [-0.3, -0.25) is 4.79 Å². The van der Waals surface area contributed by atoms with Gasteiger partial charge in [0.05, 0.1) is 11.6 Å². The highest BCUT2D eigenvalue weighted by molar-refractivity contribution is 9.10. The summed E-state index contributed by atoms with van der Waals surface area (Å²) >= 11 is 9.45. The number of rotatable bonds is 7.